The number of benzene rings is 1. The zero-order valence-electron chi connectivity index (χ0n) is 12.2. The van der Waals surface area contributed by atoms with Crippen LogP contribution in [0.1, 0.15) is 41.9 Å². The Morgan fingerprint density at radius 3 is 2.81 bits per heavy atom. The number of likely N-dealkylation sites (tertiary alicyclic amines) is 1. The van der Waals surface area contributed by atoms with Gasteiger partial charge in [-0.15, -0.1) is 0 Å². The van der Waals surface area contributed by atoms with Crippen molar-refractivity contribution in [3.05, 3.63) is 47.8 Å². The molecule has 1 unspecified atom stereocenters. The summed E-state index contributed by atoms with van der Waals surface area (Å²) in [6.07, 6.45) is 3.73. The molecule has 1 amide bonds. The first-order valence-corrected chi connectivity index (χ1v) is 7.39. The lowest BCUT2D eigenvalue weighted by Gasteiger charge is -2.24. The minimum atomic E-state index is -0.0638. The van der Waals surface area contributed by atoms with Crippen LogP contribution in [0.15, 0.2) is 36.5 Å². The Kier molecular flexibility index (Phi) is 3.64. The third kappa shape index (κ3) is 2.51. The number of nitrogen functional groups attached to an aromatic ring is 1. The minimum absolute atomic E-state index is 0.0638. The van der Waals surface area contributed by atoms with Crippen LogP contribution in [0.3, 0.4) is 0 Å². The second-order valence-electron chi connectivity index (χ2n) is 5.36. The van der Waals surface area contributed by atoms with Crippen molar-refractivity contribution >= 4 is 11.6 Å². The predicted molar refractivity (Wildman–Crippen MR) is 81.8 cm³/mol. The molecule has 2 aromatic rings. The summed E-state index contributed by atoms with van der Waals surface area (Å²) in [5.74, 6) is -0.0638. The number of aryl methyl sites for hydroxylation is 1. The highest BCUT2D eigenvalue weighted by Crippen LogP contribution is 2.33. The Balaban J connectivity index is 1.88. The van der Waals surface area contributed by atoms with Gasteiger partial charge in [-0.25, -0.2) is 0 Å². The Labute approximate surface area is 124 Å². The summed E-state index contributed by atoms with van der Waals surface area (Å²) in [6.45, 7) is 3.44. The molecule has 2 heterocycles. The number of rotatable bonds is 3. The van der Waals surface area contributed by atoms with Crippen LogP contribution >= 0.6 is 0 Å². The molecular weight excluding hydrogens is 264 g/mol. The van der Waals surface area contributed by atoms with E-state index in [2.05, 4.69) is 17.2 Å². The number of carbonyl (C=O) groups excluding carboxylic acids is 1. The third-order valence-corrected chi connectivity index (χ3v) is 4.01. The topological polar surface area (TPSA) is 64.2 Å². The van der Waals surface area contributed by atoms with Crippen LogP contribution in [-0.4, -0.2) is 27.1 Å². The molecule has 2 N–H and O–H groups in total. The summed E-state index contributed by atoms with van der Waals surface area (Å²) in [4.78, 5) is 14.6. The number of carbonyl (C=O) groups is 1. The summed E-state index contributed by atoms with van der Waals surface area (Å²) in [5.41, 5.74) is 7.95. The highest BCUT2D eigenvalue weighted by atomic mass is 16.2. The normalized spacial score (nSPS) is 18.1. The van der Waals surface area contributed by atoms with Crippen LogP contribution in [0.2, 0.25) is 0 Å². The van der Waals surface area contributed by atoms with Gasteiger partial charge >= 0.3 is 0 Å². The number of nitrogens with two attached hydrogens (primary N) is 1. The van der Waals surface area contributed by atoms with E-state index in [0.717, 1.165) is 19.4 Å². The molecule has 3 rings (SSSR count). The summed E-state index contributed by atoms with van der Waals surface area (Å²) in [5, 5.41) is 4.30. The fraction of sp³-hybridized carbons (Fsp3) is 0.375. The van der Waals surface area contributed by atoms with Crippen LogP contribution in [0.4, 0.5) is 5.69 Å². The average molecular weight is 284 g/mol. The molecule has 5 heteroatoms. The van der Waals surface area contributed by atoms with E-state index in [1.807, 2.05) is 30.0 Å². The SMILES string of the molecule is CCn1cc(N)c(C(=O)N2CCCC2c2ccccc2)n1. The Hall–Kier alpha value is -2.30. The van der Waals surface area contributed by atoms with Crippen LogP contribution in [-0.2, 0) is 6.54 Å². The highest BCUT2D eigenvalue weighted by molar-refractivity contribution is 5.97. The summed E-state index contributed by atoms with van der Waals surface area (Å²) < 4.78 is 1.70. The summed E-state index contributed by atoms with van der Waals surface area (Å²) >= 11 is 0. The maximum Gasteiger partial charge on any atom is 0.277 e. The minimum Gasteiger partial charge on any atom is -0.396 e. The molecule has 1 aromatic carbocycles. The first-order valence-electron chi connectivity index (χ1n) is 7.39. The van der Waals surface area contributed by atoms with Gasteiger partial charge in [-0.05, 0) is 25.3 Å². The molecule has 0 radical (unpaired) electrons. The molecule has 0 bridgehead atoms. The van der Waals surface area contributed by atoms with Gasteiger partial charge in [0, 0.05) is 19.3 Å². The quantitative estimate of drug-likeness (QED) is 0.941. The fourth-order valence-corrected chi connectivity index (χ4v) is 2.93. The van der Waals surface area contributed by atoms with Gasteiger partial charge in [0.05, 0.1) is 11.7 Å². The van der Waals surface area contributed by atoms with Crippen LogP contribution in [0.25, 0.3) is 0 Å². The second kappa shape index (κ2) is 5.60. The largest absolute Gasteiger partial charge is 0.396 e. The van der Waals surface area contributed by atoms with E-state index in [9.17, 15) is 4.79 Å². The molecule has 21 heavy (non-hydrogen) atoms. The fourth-order valence-electron chi connectivity index (χ4n) is 2.93. The van der Waals surface area contributed by atoms with Crippen molar-refractivity contribution in [2.75, 3.05) is 12.3 Å². The van der Waals surface area contributed by atoms with Gasteiger partial charge in [0.15, 0.2) is 5.69 Å². The van der Waals surface area contributed by atoms with E-state index in [0.29, 0.717) is 17.9 Å². The molecule has 1 saturated heterocycles. The lowest BCUT2D eigenvalue weighted by Crippen LogP contribution is -2.31. The summed E-state index contributed by atoms with van der Waals surface area (Å²) in [7, 11) is 0. The third-order valence-electron chi connectivity index (χ3n) is 4.01. The molecule has 0 aliphatic carbocycles. The van der Waals surface area contributed by atoms with Gasteiger partial charge in [0.2, 0.25) is 0 Å². The smallest absolute Gasteiger partial charge is 0.277 e. The molecule has 0 spiro atoms. The van der Waals surface area contributed by atoms with Crippen molar-refractivity contribution in [3.63, 3.8) is 0 Å². The predicted octanol–water partition coefficient (Wildman–Crippen LogP) is 2.46. The lowest BCUT2D eigenvalue weighted by molar-refractivity contribution is 0.0730. The van der Waals surface area contributed by atoms with Crippen molar-refractivity contribution in [1.82, 2.24) is 14.7 Å². The van der Waals surface area contributed by atoms with Crippen LogP contribution < -0.4 is 5.73 Å². The van der Waals surface area contributed by atoms with E-state index >= 15 is 0 Å². The Bertz CT molecular complexity index is 635. The van der Waals surface area contributed by atoms with E-state index in [1.54, 1.807) is 10.9 Å². The maximum atomic E-state index is 12.8. The highest BCUT2D eigenvalue weighted by Gasteiger charge is 2.32. The van der Waals surface area contributed by atoms with Gasteiger partial charge in [-0.3, -0.25) is 9.48 Å². The molecule has 5 nitrogen and oxygen atoms in total. The molecule has 1 aliphatic heterocycles. The van der Waals surface area contributed by atoms with Crippen molar-refractivity contribution in [1.29, 1.82) is 0 Å². The molecular formula is C16H20N4O. The van der Waals surface area contributed by atoms with Crippen molar-refractivity contribution < 1.29 is 4.79 Å². The number of anilines is 1. The molecule has 0 saturated carbocycles. The van der Waals surface area contributed by atoms with Crippen molar-refractivity contribution in [2.24, 2.45) is 0 Å². The molecule has 110 valence electrons. The number of amides is 1. The van der Waals surface area contributed by atoms with Gasteiger partial charge in [-0.2, -0.15) is 5.10 Å². The molecule has 1 fully saturated rings. The first-order chi connectivity index (χ1) is 10.2. The maximum absolute atomic E-state index is 12.8. The van der Waals surface area contributed by atoms with Crippen molar-refractivity contribution in [2.45, 2.75) is 32.4 Å². The number of hydrogen-bond donors (Lipinski definition) is 1. The summed E-state index contributed by atoms with van der Waals surface area (Å²) in [6, 6.07) is 10.3. The van der Waals surface area contributed by atoms with Gasteiger partial charge in [0.1, 0.15) is 0 Å². The van der Waals surface area contributed by atoms with E-state index < -0.39 is 0 Å². The van der Waals surface area contributed by atoms with E-state index in [-0.39, 0.29) is 11.9 Å². The number of nitrogens with zero attached hydrogens (tertiary/aromatic N) is 3. The standard InChI is InChI=1S/C16H20N4O/c1-2-19-11-13(17)15(18-19)16(21)20-10-6-9-14(20)12-7-4-3-5-8-12/h3-5,7-8,11,14H,2,6,9-10,17H2,1H3. The van der Waals surface area contributed by atoms with E-state index in [4.69, 9.17) is 5.73 Å². The van der Waals surface area contributed by atoms with Crippen LogP contribution in [0.5, 0.6) is 0 Å². The van der Waals surface area contributed by atoms with Gasteiger partial charge < -0.3 is 10.6 Å². The zero-order chi connectivity index (χ0) is 14.8. The second-order valence-corrected chi connectivity index (χ2v) is 5.36. The number of aromatic nitrogens is 2. The van der Waals surface area contributed by atoms with Crippen molar-refractivity contribution in [3.8, 4) is 0 Å². The first kappa shape index (κ1) is 13.7. The average Bonchev–Trinajstić information content (AvgIpc) is 3.14. The molecule has 1 atom stereocenters. The van der Waals surface area contributed by atoms with E-state index in [1.165, 1.54) is 5.56 Å². The lowest BCUT2D eigenvalue weighted by atomic mass is 10.0. The Morgan fingerprint density at radius 2 is 2.14 bits per heavy atom. The monoisotopic (exact) mass is 284 g/mol. The van der Waals surface area contributed by atoms with Crippen LogP contribution in [0, 0.1) is 0 Å². The number of hydrogen-bond acceptors (Lipinski definition) is 3. The van der Waals surface area contributed by atoms with Gasteiger partial charge in [-0.1, -0.05) is 30.3 Å². The molecule has 1 aromatic heterocycles. The van der Waals surface area contributed by atoms with Gasteiger partial charge in [0.25, 0.3) is 5.91 Å². The Morgan fingerprint density at radius 1 is 1.38 bits per heavy atom. The zero-order valence-corrected chi connectivity index (χ0v) is 12.2. The molecule has 1 aliphatic rings.